The number of nitrogens with one attached hydrogen (secondary N) is 2. The van der Waals surface area contributed by atoms with Crippen molar-refractivity contribution >= 4 is 23.5 Å². The highest BCUT2D eigenvalue weighted by atomic mass is 35.5. The van der Waals surface area contributed by atoms with Crippen molar-refractivity contribution < 1.29 is 9.59 Å². The van der Waals surface area contributed by atoms with Gasteiger partial charge in [0.25, 0.3) is 0 Å². The fourth-order valence-electron chi connectivity index (χ4n) is 0.955. The lowest BCUT2D eigenvalue weighted by Gasteiger charge is -2.31. The summed E-state index contributed by atoms with van der Waals surface area (Å²) < 4.78 is 0. The second kappa shape index (κ2) is 2.70. The van der Waals surface area contributed by atoms with Crippen LogP contribution < -0.4 is 10.6 Å². The second-order valence-electron chi connectivity index (χ2n) is 2.87. The van der Waals surface area contributed by atoms with Gasteiger partial charge in [-0.2, -0.15) is 0 Å². The molecule has 3 amide bonds. The summed E-state index contributed by atoms with van der Waals surface area (Å²) in [5, 5.41) is 4.69. The molecule has 1 atom stereocenters. The van der Waals surface area contributed by atoms with E-state index in [4.69, 9.17) is 11.6 Å². The van der Waals surface area contributed by atoms with Gasteiger partial charge in [0.15, 0.2) is 0 Å². The molecule has 1 aliphatic heterocycles. The molecule has 1 saturated heterocycles. The summed E-state index contributed by atoms with van der Waals surface area (Å²) in [4.78, 5) is 21.6. The first-order chi connectivity index (χ1) is 5.06. The number of imide groups is 1. The van der Waals surface area contributed by atoms with E-state index in [1.807, 2.05) is 0 Å². The molecule has 0 aromatic heterocycles. The van der Waals surface area contributed by atoms with E-state index >= 15 is 0 Å². The van der Waals surface area contributed by atoms with Gasteiger partial charge in [-0.1, -0.05) is 0 Å². The molecule has 1 heterocycles. The fourth-order valence-corrected chi connectivity index (χ4v) is 1.12. The molecule has 1 fully saturated rings. The molecule has 0 aromatic carbocycles. The minimum Gasteiger partial charge on any atom is -0.331 e. The summed E-state index contributed by atoms with van der Waals surface area (Å²) in [6.45, 7) is 1.73. The zero-order chi connectivity index (χ0) is 8.48. The Labute approximate surface area is 69.3 Å². The molecule has 0 saturated carbocycles. The Morgan fingerprint density at radius 2 is 2.27 bits per heavy atom. The van der Waals surface area contributed by atoms with E-state index in [1.54, 1.807) is 6.92 Å². The minimum atomic E-state index is -0.582. The fraction of sp³-hybridized carbons (Fsp3) is 0.667. The van der Waals surface area contributed by atoms with Gasteiger partial charge in [0.1, 0.15) is 0 Å². The average Bonchev–Trinajstić information content (AvgIpc) is 1.84. The third kappa shape index (κ3) is 1.83. The Hall–Kier alpha value is -0.770. The number of rotatable bonds is 1. The number of hydrogen-bond acceptors (Lipinski definition) is 2. The van der Waals surface area contributed by atoms with Crippen molar-refractivity contribution in [3.63, 3.8) is 0 Å². The van der Waals surface area contributed by atoms with Gasteiger partial charge in [0.2, 0.25) is 5.91 Å². The summed E-state index contributed by atoms with van der Waals surface area (Å²) in [6, 6.07) is -0.468. The highest BCUT2D eigenvalue weighted by Crippen LogP contribution is 2.14. The van der Waals surface area contributed by atoms with E-state index in [0.717, 1.165) is 0 Å². The largest absolute Gasteiger partial charge is 0.331 e. The topological polar surface area (TPSA) is 58.2 Å². The third-order valence-corrected chi connectivity index (χ3v) is 2.10. The molecule has 0 bridgehead atoms. The molecule has 11 heavy (non-hydrogen) atoms. The van der Waals surface area contributed by atoms with E-state index in [0.29, 0.717) is 0 Å². The quantitative estimate of drug-likeness (QED) is 0.562. The van der Waals surface area contributed by atoms with Crippen molar-refractivity contribution in [3.8, 4) is 0 Å². The lowest BCUT2D eigenvalue weighted by Crippen LogP contribution is -2.60. The summed E-state index contributed by atoms with van der Waals surface area (Å²) in [5.74, 6) is -0.0384. The number of halogens is 1. The van der Waals surface area contributed by atoms with E-state index in [2.05, 4.69) is 10.6 Å². The number of alkyl halides is 1. The van der Waals surface area contributed by atoms with Crippen molar-refractivity contribution in [1.82, 2.24) is 10.6 Å². The van der Waals surface area contributed by atoms with E-state index in [9.17, 15) is 9.59 Å². The smallest absolute Gasteiger partial charge is 0.321 e. The zero-order valence-electron chi connectivity index (χ0n) is 6.11. The van der Waals surface area contributed by atoms with Crippen LogP contribution in [0.1, 0.15) is 13.3 Å². The highest BCUT2D eigenvalue weighted by Gasteiger charge is 2.33. The van der Waals surface area contributed by atoms with Crippen molar-refractivity contribution in [3.05, 3.63) is 0 Å². The zero-order valence-corrected chi connectivity index (χ0v) is 6.86. The van der Waals surface area contributed by atoms with Crippen LogP contribution >= 0.6 is 11.6 Å². The lowest BCUT2D eigenvalue weighted by atomic mass is 9.98. The van der Waals surface area contributed by atoms with Crippen LogP contribution in [0, 0.1) is 0 Å². The van der Waals surface area contributed by atoms with Gasteiger partial charge >= 0.3 is 6.03 Å². The number of carbonyl (C=O) groups excluding carboxylic acids is 2. The average molecular weight is 177 g/mol. The van der Waals surface area contributed by atoms with Crippen LogP contribution in [0.5, 0.6) is 0 Å². The maximum absolute atomic E-state index is 10.8. The van der Waals surface area contributed by atoms with Crippen molar-refractivity contribution in [1.29, 1.82) is 0 Å². The first-order valence-corrected chi connectivity index (χ1v) is 3.77. The Bertz CT molecular complexity index is 189. The highest BCUT2D eigenvalue weighted by molar-refractivity contribution is 6.19. The van der Waals surface area contributed by atoms with Crippen LogP contribution in [0.2, 0.25) is 0 Å². The predicted octanol–water partition coefficient (Wildman–Crippen LogP) is 0.213. The van der Waals surface area contributed by atoms with Gasteiger partial charge < -0.3 is 5.32 Å². The number of hydrogen-bond donors (Lipinski definition) is 2. The Morgan fingerprint density at radius 3 is 2.73 bits per heavy atom. The maximum Gasteiger partial charge on any atom is 0.321 e. The Morgan fingerprint density at radius 1 is 1.64 bits per heavy atom. The molecule has 0 aliphatic carbocycles. The summed E-state index contributed by atoms with van der Waals surface area (Å²) in [5.41, 5.74) is -0.582. The Balaban J connectivity index is 2.70. The van der Waals surface area contributed by atoms with Gasteiger partial charge in [-0.3, -0.25) is 10.1 Å². The maximum atomic E-state index is 10.8. The van der Waals surface area contributed by atoms with Gasteiger partial charge in [-0.15, -0.1) is 11.6 Å². The summed E-state index contributed by atoms with van der Waals surface area (Å²) >= 11 is 5.56. The minimum absolute atomic E-state index is 0.238. The van der Waals surface area contributed by atoms with Gasteiger partial charge in [-0.05, 0) is 6.92 Å². The molecular weight excluding hydrogens is 168 g/mol. The van der Waals surface area contributed by atoms with E-state index in [1.165, 1.54) is 0 Å². The molecule has 2 N–H and O–H groups in total. The van der Waals surface area contributed by atoms with Crippen LogP contribution in [-0.2, 0) is 4.79 Å². The standard InChI is InChI=1S/C6H9ClN2O2/c1-6(3-7)2-4(10)8-5(11)9-6/h2-3H2,1H3,(H2,8,9,10,11). The first kappa shape index (κ1) is 8.33. The van der Waals surface area contributed by atoms with Crippen LogP contribution in [0.25, 0.3) is 0 Å². The third-order valence-electron chi connectivity index (χ3n) is 1.51. The Kier molecular flexibility index (Phi) is 2.04. The van der Waals surface area contributed by atoms with Gasteiger partial charge in [-0.25, -0.2) is 4.79 Å². The van der Waals surface area contributed by atoms with Gasteiger partial charge in [0, 0.05) is 5.88 Å². The predicted molar refractivity (Wildman–Crippen MR) is 40.4 cm³/mol. The molecule has 0 aromatic rings. The van der Waals surface area contributed by atoms with Crippen molar-refractivity contribution in [2.75, 3.05) is 5.88 Å². The van der Waals surface area contributed by atoms with Crippen molar-refractivity contribution in [2.24, 2.45) is 0 Å². The molecule has 5 heteroatoms. The lowest BCUT2D eigenvalue weighted by molar-refractivity contribution is -0.122. The normalized spacial score (nSPS) is 31.1. The van der Waals surface area contributed by atoms with Crippen molar-refractivity contribution in [2.45, 2.75) is 18.9 Å². The summed E-state index contributed by atoms with van der Waals surface area (Å²) in [7, 11) is 0. The van der Waals surface area contributed by atoms with Gasteiger partial charge in [0.05, 0.1) is 12.0 Å². The van der Waals surface area contributed by atoms with E-state index in [-0.39, 0.29) is 18.2 Å². The van der Waals surface area contributed by atoms with E-state index < -0.39 is 11.6 Å². The molecule has 0 radical (unpaired) electrons. The molecule has 1 rings (SSSR count). The number of urea groups is 1. The van der Waals surface area contributed by atoms with Crippen LogP contribution in [0.15, 0.2) is 0 Å². The molecule has 1 aliphatic rings. The van der Waals surface area contributed by atoms with Crippen LogP contribution in [0.4, 0.5) is 4.79 Å². The molecular formula is C6H9ClN2O2. The monoisotopic (exact) mass is 176 g/mol. The van der Waals surface area contributed by atoms with Crippen LogP contribution in [-0.4, -0.2) is 23.4 Å². The van der Waals surface area contributed by atoms with Crippen LogP contribution in [0.3, 0.4) is 0 Å². The first-order valence-electron chi connectivity index (χ1n) is 3.24. The molecule has 62 valence electrons. The number of amides is 3. The molecule has 1 unspecified atom stereocenters. The summed E-state index contributed by atoms with van der Waals surface area (Å²) in [6.07, 6.45) is 0.238. The second-order valence-corrected chi connectivity index (χ2v) is 3.14. The number of carbonyl (C=O) groups is 2. The molecule has 4 nitrogen and oxygen atoms in total. The SMILES string of the molecule is CC1(CCl)CC(=O)NC(=O)N1. The molecule has 0 spiro atoms.